The Hall–Kier alpha value is -1.64. The van der Waals surface area contributed by atoms with Gasteiger partial charge in [-0.2, -0.15) is 0 Å². The number of hydrogen-bond donors (Lipinski definition) is 0. The van der Waals surface area contributed by atoms with Crippen molar-refractivity contribution in [1.29, 1.82) is 0 Å². The Labute approximate surface area is 75.6 Å². The van der Waals surface area contributed by atoms with Crippen LogP contribution in [0.25, 0.3) is 0 Å². The van der Waals surface area contributed by atoms with Crippen molar-refractivity contribution in [1.82, 2.24) is 0 Å². The highest BCUT2D eigenvalue weighted by Gasteiger charge is 2.09. The van der Waals surface area contributed by atoms with Crippen LogP contribution >= 0.6 is 0 Å². The zero-order valence-electron chi connectivity index (χ0n) is 7.13. The van der Waals surface area contributed by atoms with Crippen LogP contribution in [0.2, 0.25) is 0 Å². The largest absolute Gasteiger partial charge is 0.465 e. The maximum atomic E-state index is 12.7. The number of halogens is 1. The van der Waals surface area contributed by atoms with Crippen LogP contribution in [0, 0.1) is 11.9 Å². The number of carbonyl (C=O) groups is 1. The third-order valence-corrected chi connectivity index (χ3v) is 1.58. The summed E-state index contributed by atoms with van der Waals surface area (Å²) in [5.74, 6) is -0.954. The second kappa shape index (κ2) is 3.85. The molecule has 0 N–H and O–H groups in total. The van der Waals surface area contributed by atoms with Gasteiger partial charge in [0.05, 0.1) is 12.7 Å². The predicted octanol–water partition coefficient (Wildman–Crippen LogP) is 1.95. The molecule has 67 valence electrons. The van der Waals surface area contributed by atoms with Crippen molar-refractivity contribution < 1.29 is 13.9 Å². The number of ether oxygens (including phenoxy) is 1. The number of esters is 1. The maximum absolute atomic E-state index is 12.7. The molecule has 1 aromatic rings. The van der Waals surface area contributed by atoms with Gasteiger partial charge in [-0.05, 0) is 29.8 Å². The van der Waals surface area contributed by atoms with E-state index >= 15 is 0 Å². The summed E-state index contributed by atoms with van der Waals surface area (Å²) in [6.07, 6.45) is 2.46. The Kier molecular flexibility index (Phi) is 2.80. The molecule has 0 spiro atoms. The Morgan fingerprint density at radius 3 is 2.85 bits per heavy atom. The van der Waals surface area contributed by atoms with Gasteiger partial charge in [-0.25, -0.2) is 9.18 Å². The van der Waals surface area contributed by atoms with Gasteiger partial charge in [0, 0.05) is 0 Å². The Morgan fingerprint density at radius 1 is 1.62 bits per heavy atom. The molecule has 3 heteroatoms. The molecule has 0 aliphatic rings. The lowest BCUT2D eigenvalue weighted by atomic mass is 10.1. The zero-order chi connectivity index (χ0) is 9.84. The summed E-state index contributed by atoms with van der Waals surface area (Å²) in [5.41, 5.74) is 0.575. The van der Waals surface area contributed by atoms with E-state index in [0.717, 1.165) is 0 Å². The van der Waals surface area contributed by atoms with E-state index in [1.165, 1.54) is 25.3 Å². The summed E-state index contributed by atoms with van der Waals surface area (Å²) in [6, 6.07) is 3.71. The van der Waals surface area contributed by atoms with Crippen molar-refractivity contribution in [3.05, 3.63) is 47.8 Å². The number of benzene rings is 1. The molecule has 0 atom stereocenters. The molecule has 1 rings (SSSR count). The Morgan fingerprint density at radius 2 is 2.31 bits per heavy atom. The molecule has 0 fully saturated rings. The Balaban J connectivity index is 3.20. The fourth-order valence-corrected chi connectivity index (χ4v) is 0.951. The third-order valence-electron chi connectivity index (χ3n) is 1.58. The van der Waals surface area contributed by atoms with E-state index in [0.29, 0.717) is 5.56 Å². The van der Waals surface area contributed by atoms with Gasteiger partial charge in [0.2, 0.25) is 0 Å². The highest BCUT2D eigenvalue weighted by molar-refractivity contribution is 5.91. The maximum Gasteiger partial charge on any atom is 0.338 e. The molecule has 0 saturated carbocycles. The van der Waals surface area contributed by atoms with E-state index in [9.17, 15) is 9.18 Å². The summed E-state index contributed by atoms with van der Waals surface area (Å²) < 4.78 is 17.2. The minimum absolute atomic E-state index is 0.263. The molecule has 0 aromatic heterocycles. The van der Waals surface area contributed by atoms with E-state index in [1.807, 2.05) is 0 Å². The fourth-order valence-electron chi connectivity index (χ4n) is 0.951. The molecule has 0 saturated heterocycles. The second-order valence-electron chi connectivity index (χ2n) is 2.36. The van der Waals surface area contributed by atoms with Gasteiger partial charge in [-0.3, -0.25) is 0 Å². The molecule has 13 heavy (non-hydrogen) atoms. The van der Waals surface area contributed by atoms with Crippen LogP contribution in [0.15, 0.2) is 24.8 Å². The minimum Gasteiger partial charge on any atom is -0.465 e. The lowest BCUT2D eigenvalue weighted by Crippen LogP contribution is -2.04. The average molecular weight is 179 g/mol. The Bertz CT molecular complexity index is 345. The van der Waals surface area contributed by atoms with E-state index in [4.69, 9.17) is 0 Å². The molecule has 0 amide bonds. The van der Waals surface area contributed by atoms with Gasteiger partial charge in [-0.1, -0.05) is 6.58 Å². The van der Waals surface area contributed by atoms with E-state index in [2.05, 4.69) is 17.4 Å². The zero-order valence-corrected chi connectivity index (χ0v) is 7.13. The molecule has 0 aliphatic carbocycles. The lowest BCUT2D eigenvalue weighted by molar-refractivity contribution is 0.0600. The molecule has 0 unspecified atom stereocenters. The standard InChI is InChI=1S/C10H8FO2/c1-3-7-6-8(11)4-5-9(7)10(12)13-2/h4-6H,1H2,2H3. The molecule has 0 bridgehead atoms. The van der Waals surface area contributed by atoms with Gasteiger partial charge in [0.15, 0.2) is 0 Å². The topological polar surface area (TPSA) is 26.3 Å². The smallest absolute Gasteiger partial charge is 0.338 e. The van der Waals surface area contributed by atoms with Gasteiger partial charge in [0.1, 0.15) is 5.82 Å². The highest BCUT2D eigenvalue weighted by Crippen LogP contribution is 2.12. The van der Waals surface area contributed by atoms with Gasteiger partial charge in [-0.15, -0.1) is 0 Å². The van der Waals surface area contributed by atoms with Crippen LogP contribution in [0.4, 0.5) is 4.39 Å². The normalized spacial score (nSPS) is 9.38. The molecule has 1 aromatic carbocycles. The lowest BCUT2D eigenvalue weighted by Gasteiger charge is -2.02. The van der Waals surface area contributed by atoms with Gasteiger partial charge in [0.25, 0.3) is 0 Å². The van der Waals surface area contributed by atoms with E-state index < -0.39 is 11.8 Å². The van der Waals surface area contributed by atoms with Gasteiger partial charge >= 0.3 is 5.97 Å². The average Bonchev–Trinajstić information content (AvgIpc) is 2.16. The first-order chi connectivity index (χ1) is 6.19. The first-order valence-corrected chi connectivity index (χ1v) is 3.60. The molecular formula is C10H8FO2. The first-order valence-electron chi connectivity index (χ1n) is 3.60. The van der Waals surface area contributed by atoms with Crippen molar-refractivity contribution in [2.45, 2.75) is 0 Å². The van der Waals surface area contributed by atoms with E-state index in [-0.39, 0.29) is 5.56 Å². The number of hydrogen-bond acceptors (Lipinski definition) is 2. The number of rotatable bonds is 2. The van der Waals surface area contributed by atoms with Crippen LogP contribution in [-0.2, 0) is 4.74 Å². The van der Waals surface area contributed by atoms with E-state index in [1.54, 1.807) is 0 Å². The second-order valence-corrected chi connectivity index (χ2v) is 2.36. The summed E-state index contributed by atoms with van der Waals surface area (Å²) in [6.45, 7) is 3.35. The molecule has 2 nitrogen and oxygen atoms in total. The number of methoxy groups -OCH3 is 1. The van der Waals surface area contributed by atoms with Crippen LogP contribution in [0.1, 0.15) is 15.9 Å². The third kappa shape index (κ3) is 1.93. The molecule has 1 radical (unpaired) electrons. The fraction of sp³-hybridized carbons (Fsp3) is 0.100. The summed E-state index contributed by atoms with van der Waals surface area (Å²) in [4.78, 5) is 11.1. The monoisotopic (exact) mass is 179 g/mol. The van der Waals surface area contributed by atoms with Crippen molar-refractivity contribution in [3.63, 3.8) is 0 Å². The van der Waals surface area contributed by atoms with Crippen LogP contribution in [-0.4, -0.2) is 13.1 Å². The van der Waals surface area contributed by atoms with Crippen molar-refractivity contribution in [3.8, 4) is 0 Å². The quantitative estimate of drug-likeness (QED) is 0.648. The SMILES string of the molecule is C=[C]c1cc(F)ccc1C(=O)OC. The summed E-state index contributed by atoms with van der Waals surface area (Å²) >= 11 is 0. The highest BCUT2D eigenvalue weighted by atomic mass is 19.1. The first kappa shape index (κ1) is 9.45. The number of carbonyl (C=O) groups excluding carboxylic acids is 1. The van der Waals surface area contributed by atoms with Crippen molar-refractivity contribution >= 4 is 5.97 Å². The van der Waals surface area contributed by atoms with Crippen molar-refractivity contribution in [2.75, 3.05) is 7.11 Å². The molecular weight excluding hydrogens is 171 g/mol. The van der Waals surface area contributed by atoms with Crippen LogP contribution < -0.4 is 0 Å². The minimum atomic E-state index is -0.522. The summed E-state index contributed by atoms with van der Waals surface area (Å²) in [5, 5.41) is 0. The van der Waals surface area contributed by atoms with Crippen molar-refractivity contribution in [2.24, 2.45) is 0 Å². The van der Waals surface area contributed by atoms with Gasteiger partial charge < -0.3 is 4.74 Å². The molecule has 0 aliphatic heterocycles. The predicted molar refractivity (Wildman–Crippen MR) is 45.7 cm³/mol. The van der Waals surface area contributed by atoms with Crippen LogP contribution in [0.5, 0.6) is 0 Å². The van der Waals surface area contributed by atoms with Crippen LogP contribution in [0.3, 0.4) is 0 Å². The summed E-state index contributed by atoms with van der Waals surface area (Å²) in [7, 11) is 1.26. The molecule has 0 heterocycles.